The van der Waals surface area contributed by atoms with Gasteiger partial charge in [0.15, 0.2) is 5.54 Å². The van der Waals surface area contributed by atoms with E-state index in [0.717, 1.165) is 6.54 Å². The average Bonchev–Trinajstić information content (AvgIpc) is 2.51. The first-order chi connectivity index (χ1) is 6.10. The van der Waals surface area contributed by atoms with Crippen LogP contribution >= 0.6 is 0 Å². The molecule has 0 aliphatic carbocycles. The molecule has 13 heavy (non-hydrogen) atoms. The molecule has 0 aromatic rings. The zero-order chi connectivity index (χ0) is 9.90. The Kier molecular flexibility index (Phi) is 2.87. The number of rotatable bonds is 2. The summed E-state index contributed by atoms with van der Waals surface area (Å²) in [7, 11) is 1.32. The van der Waals surface area contributed by atoms with Crippen LogP contribution in [0.1, 0.15) is 13.3 Å². The maximum Gasteiger partial charge on any atom is 0.332 e. The maximum absolute atomic E-state index is 11.4. The Labute approximate surface area is 76.8 Å². The van der Waals surface area contributed by atoms with Crippen LogP contribution in [0.15, 0.2) is 0 Å². The third-order valence-corrected chi connectivity index (χ3v) is 2.15. The largest absolute Gasteiger partial charge is 0.467 e. The van der Waals surface area contributed by atoms with E-state index in [2.05, 4.69) is 15.4 Å². The molecule has 1 amide bonds. The van der Waals surface area contributed by atoms with E-state index in [4.69, 9.17) is 0 Å². The lowest BCUT2D eigenvalue weighted by molar-refractivity contribution is -0.149. The Bertz CT molecular complexity index is 221. The molecule has 74 valence electrons. The lowest BCUT2D eigenvalue weighted by Crippen LogP contribution is -2.56. The van der Waals surface area contributed by atoms with Crippen molar-refractivity contribution in [1.82, 2.24) is 10.6 Å². The summed E-state index contributed by atoms with van der Waals surface area (Å²) in [6.07, 6.45) is 0.583. The van der Waals surface area contributed by atoms with Gasteiger partial charge in [0.2, 0.25) is 5.91 Å². The average molecular weight is 186 g/mol. The highest BCUT2D eigenvalue weighted by molar-refractivity contribution is 5.87. The minimum absolute atomic E-state index is 0.214. The fourth-order valence-corrected chi connectivity index (χ4v) is 1.56. The molecule has 1 aliphatic heterocycles. The quantitative estimate of drug-likeness (QED) is 0.544. The van der Waals surface area contributed by atoms with Crippen LogP contribution in [0.5, 0.6) is 0 Å². The number of hydrogen-bond donors (Lipinski definition) is 2. The molecule has 1 fully saturated rings. The Hall–Kier alpha value is -1.10. The van der Waals surface area contributed by atoms with Crippen molar-refractivity contribution in [2.45, 2.75) is 18.9 Å². The van der Waals surface area contributed by atoms with Crippen LogP contribution in [-0.4, -0.2) is 37.6 Å². The summed E-state index contributed by atoms with van der Waals surface area (Å²) in [5, 5.41) is 5.65. The number of esters is 1. The normalized spacial score (nSPS) is 26.9. The Balaban J connectivity index is 2.74. The number of carbonyl (C=O) groups is 2. The van der Waals surface area contributed by atoms with Crippen LogP contribution in [0.25, 0.3) is 0 Å². The summed E-state index contributed by atoms with van der Waals surface area (Å²) in [5.74, 6) is -0.596. The smallest absolute Gasteiger partial charge is 0.332 e. The van der Waals surface area contributed by atoms with Gasteiger partial charge in [0.05, 0.1) is 7.11 Å². The fourth-order valence-electron chi connectivity index (χ4n) is 1.56. The van der Waals surface area contributed by atoms with Crippen LogP contribution in [0.4, 0.5) is 0 Å². The first-order valence-electron chi connectivity index (χ1n) is 4.18. The zero-order valence-electron chi connectivity index (χ0n) is 7.85. The molecule has 5 heteroatoms. The van der Waals surface area contributed by atoms with Crippen molar-refractivity contribution in [2.75, 3.05) is 20.2 Å². The van der Waals surface area contributed by atoms with Gasteiger partial charge < -0.3 is 15.4 Å². The van der Waals surface area contributed by atoms with Gasteiger partial charge in [-0.05, 0) is 13.0 Å². The Morgan fingerprint density at radius 3 is 2.62 bits per heavy atom. The molecule has 1 aliphatic rings. The highest BCUT2D eigenvalue weighted by atomic mass is 16.5. The molecule has 1 unspecified atom stereocenters. The fraction of sp³-hybridized carbons (Fsp3) is 0.750. The topological polar surface area (TPSA) is 67.4 Å². The summed E-state index contributed by atoms with van der Waals surface area (Å²) in [6, 6.07) is 0. The second kappa shape index (κ2) is 3.74. The van der Waals surface area contributed by atoms with Crippen LogP contribution in [0.2, 0.25) is 0 Å². The molecule has 1 saturated heterocycles. The SMILES string of the molecule is COC(=O)C1(NC(C)=O)CCNC1. The van der Waals surface area contributed by atoms with Crippen molar-refractivity contribution in [3.63, 3.8) is 0 Å². The summed E-state index contributed by atoms with van der Waals surface area (Å²) in [6.45, 7) is 2.55. The van der Waals surface area contributed by atoms with E-state index in [9.17, 15) is 9.59 Å². The lowest BCUT2D eigenvalue weighted by Gasteiger charge is -2.25. The van der Waals surface area contributed by atoms with E-state index < -0.39 is 5.54 Å². The van der Waals surface area contributed by atoms with Gasteiger partial charge in [0, 0.05) is 13.5 Å². The molecule has 0 spiro atoms. The van der Waals surface area contributed by atoms with Gasteiger partial charge in [0.1, 0.15) is 0 Å². The van der Waals surface area contributed by atoms with Crippen molar-refractivity contribution in [2.24, 2.45) is 0 Å². The van der Waals surface area contributed by atoms with Crippen molar-refractivity contribution in [1.29, 1.82) is 0 Å². The second-order valence-electron chi connectivity index (χ2n) is 3.18. The molecule has 1 rings (SSSR count). The molecule has 1 atom stereocenters. The molecule has 2 N–H and O–H groups in total. The van der Waals surface area contributed by atoms with Gasteiger partial charge in [-0.3, -0.25) is 4.79 Å². The minimum Gasteiger partial charge on any atom is -0.467 e. The molecule has 1 heterocycles. The van der Waals surface area contributed by atoms with Crippen molar-refractivity contribution < 1.29 is 14.3 Å². The van der Waals surface area contributed by atoms with Crippen LogP contribution in [-0.2, 0) is 14.3 Å². The molecule has 0 bridgehead atoms. The Morgan fingerprint density at radius 1 is 1.54 bits per heavy atom. The molecule has 0 aromatic carbocycles. The van der Waals surface area contributed by atoms with Gasteiger partial charge in [-0.15, -0.1) is 0 Å². The number of hydrogen-bond acceptors (Lipinski definition) is 4. The number of methoxy groups -OCH3 is 1. The van der Waals surface area contributed by atoms with Gasteiger partial charge in [0.25, 0.3) is 0 Å². The van der Waals surface area contributed by atoms with Gasteiger partial charge >= 0.3 is 5.97 Å². The summed E-state index contributed by atoms with van der Waals surface area (Å²) in [5.41, 5.74) is -0.847. The van der Waals surface area contributed by atoms with E-state index in [0.29, 0.717) is 13.0 Å². The van der Waals surface area contributed by atoms with E-state index >= 15 is 0 Å². The number of carbonyl (C=O) groups excluding carboxylic acids is 2. The third-order valence-electron chi connectivity index (χ3n) is 2.15. The highest BCUT2D eigenvalue weighted by Crippen LogP contribution is 2.16. The number of nitrogens with one attached hydrogen (secondary N) is 2. The zero-order valence-corrected chi connectivity index (χ0v) is 7.85. The maximum atomic E-state index is 11.4. The van der Waals surface area contributed by atoms with Gasteiger partial charge in [-0.2, -0.15) is 0 Å². The third kappa shape index (κ3) is 1.98. The predicted molar refractivity (Wildman–Crippen MR) is 46.1 cm³/mol. The van der Waals surface area contributed by atoms with Crippen LogP contribution in [0.3, 0.4) is 0 Å². The van der Waals surface area contributed by atoms with Crippen LogP contribution in [0, 0.1) is 0 Å². The highest BCUT2D eigenvalue weighted by Gasteiger charge is 2.43. The monoisotopic (exact) mass is 186 g/mol. The standard InChI is InChI=1S/C8H14N2O3/c1-6(11)10-8(7(12)13-2)3-4-9-5-8/h9H,3-5H2,1-2H3,(H,10,11). The van der Waals surface area contributed by atoms with E-state index in [-0.39, 0.29) is 11.9 Å². The van der Waals surface area contributed by atoms with E-state index in [1.165, 1.54) is 14.0 Å². The van der Waals surface area contributed by atoms with E-state index in [1.807, 2.05) is 0 Å². The molecule has 0 saturated carbocycles. The van der Waals surface area contributed by atoms with Crippen molar-refractivity contribution in [3.05, 3.63) is 0 Å². The number of ether oxygens (including phenoxy) is 1. The first-order valence-corrected chi connectivity index (χ1v) is 4.18. The molecular weight excluding hydrogens is 172 g/mol. The molecule has 5 nitrogen and oxygen atoms in total. The summed E-state index contributed by atoms with van der Waals surface area (Å²) < 4.78 is 4.64. The molecule has 0 aromatic heterocycles. The summed E-state index contributed by atoms with van der Waals surface area (Å²) in [4.78, 5) is 22.3. The van der Waals surface area contributed by atoms with Gasteiger partial charge in [-0.25, -0.2) is 4.79 Å². The number of amides is 1. The second-order valence-corrected chi connectivity index (χ2v) is 3.18. The predicted octanol–water partition coefficient (Wildman–Crippen LogP) is -0.972. The first kappa shape index (κ1) is 9.98. The lowest BCUT2D eigenvalue weighted by atomic mass is 9.99. The van der Waals surface area contributed by atoms with Crippen molar-refractivity contribution >= 4 is 11.9 Å². The van der Waals surface area contributed by atoms with E-state index in [1.54, 1.807) is 0 Å². The molecular formula is C8H14N2O3. The summed E-state index contributed by atoms with van der Waals surface area (Å²) >= 11 is 0. The molecule has 0 radical (unpaired) electrons. The van der Waals surface area contributed by atoms with Crippen LogP contribution < -0.4 is 10.6 Å². The Morgan fingerprint density at radius 2 is 2.23 bits per heavy atom. The van der Waals surface area contributed by atoms with Crippen molar-refractivity contribution in [3.8, 4) is 0 Å². The van der Waals surface area contributed by atoms with Gasteiger partial charge in [-0.1, -0.05) is 0 Å². The minimum atomic E-state index is -0.847.